The Morgan fingerprint density at radius 1 is 1.24 bits per heavy atom. The predicted octanol–water partition coefficient (Wildman–Crippen LogP) is 3.86. The van der Waals surface area contributed by atoms with Crippen molar-refractivity contribution >= 4 is 29.2 Å². The third-order valence-electron chi connectivity index (χ3n) is 6.28. The van der Waals surface area contributed by atoms with Gasteiger partial charge in [-0.3, -0.25) is 9.59 Å². The van der Waals surface area contributed by atoms with E-state index in [9.17, 15) is 14.7 Å². The minimum absolute atomic E-state index is 0.0227. The lowest BCUT2D eigenvalue weighted by atomic mass is 9.88. The van der Waals surface area contributed by atoms with Crippen LogP contribution in [0.2, 0.25) is 0 Å². The summed E-state index contributed by atoms with van der Waals surface area (Å²) in [4.78, 5) is 33.0. The zero-order valence-corrected chi connectivity index (χ0v) is 18.9. The lowest BCUT2D eigenvalue weighted by molar-refractivity contribution is -0.138. The number of aromatic amines is 1. The summed E-state index contributed by atoms with van der Waals surface area (Å²) >= 11 is 0. The summed E-state index contributed by atoms with van der Waals surface area (Å²) in [6, 6.07) is 5.61. The van der Waals surface area contributed by atoms with Gasteiger partial charge in [0.1, 0.15) is 11.9 Å². The maximum atomic E-state index is 12.4. The molecule has 0 saturated heterocycles. The van der Waals surface area contributed by atoms with Gasteiger partial charge in [-0.1, -0.05) is 19.3 Å². The molecule has 0 spiro atoms. The number of aromatic nitrogens is 2. The van der Waals surface area contributed by atoms with Crippen molar-refractivity contribution in [2.45, 2.75) is 57.5 Å². The summed E-state index contributed by atoms with van der Waals surface area (Å²) in [5.74, 6) is 1.09. The van der Waals surface area contributed by atoms with Crippen molar-refractivity contribution in [1.82, 2.24) is 9.97 Å². The van der Waals surface area contributed by atoms with E-state index in [2.05, 4.69) is 25.5 Å². The van der Waals surface area contributed by atoms with E-state index >= 15 is 0 Å². The van der Waals surface area contributed by atoms with Crippen LogP contribution in [0.1, 0.15) is 51.4 Å². The van der Waals surface area contributed by atoms with Crippen LogP contribution in [0.5, 0.6) is 5.75 Å². The first kappa shape index (κ1) is 22.9. The van der Waals surface area contributed by atoms with Gasteiger partial charge < -0.3 is 30.4 Å². The molecule has 178 valence electrons. The van der Waals surface area contributed by atoms with Crippen molar-refractivity contribution < 1.29 is 19.4 Å². The number of aliphatic carboxylic acids is 1. The first-order valence-corrected chi connectivity index (χ1v) is 11.9. The van der Waals surface area contributed by atoms with E-state index in [1.165, 1.54) is 32.1 Å². The van der Waals surface area contributed by atoms with Crippen molar-refractivity contribution in [2.24, 2.45) is 5.92 Å². The lowest BCUT2D eigenvalue weighted by Crippen LogP contribution is -2.43. The molecule has 1 fully saturated rings. The lowest BCUT2D eigenvalue weighted by Gasteiger charge is -2.38. The first-order chi connectivity index (χ1) is 16.1. The number of anilines is 3. The molecule has 9 heteroatoms. The van der Waals surface area contributed by atoms with Gasteiger partial charge in [-0.05, 0) is 43.4 Å². The number of rotatable bonds is 10. The molecule has 1 amide bonds. The van der Waals surface area contributed by atoms with E-state index in [4.69, 9.17) is 4.74 Å². The highest BCUT2D eigenvalue weighted by Crippen LogP contribution is 2.38. The minimum atomic E-state index is -0.855. The van der Waals surface area contributed by atoms with Crippen molar-refractivity contribution in [3.8, 4) is 5.75 Å². The number of nitrogens with one attached hydrogen (secondary N) is 3. The number of imidazole rings is 1. The van der Waals surface area contributed by atoms with E-state index in [0.29, 0.717) is 43.5 Å². The van der Waals surface area contributed by atoms with Gasteiger partial charge in [-0.15, -0.1) is 0 Å². The third kappa shape index (κ3) is 6.63. The van der Waals surface area contributed by atoms with Crippen molar-refractivity contribution in [1.29, 1.82) is 0 Å². The second-order valence-corrected chi connectivity index (χ2v) is 8.95. The highest BCUT2D eigenvalue weighted by atomic mass is 16.5. The van der Waals surface area contributed by atoms with Gasteiger partial charge in [-0.2, -0.15) is 0 Å². The SMILES string of the molecule is O=C(O)CC1CN(CC2CCCCC2)c2cc(NC(=O)CCCNc3ncc[nH]3)ccc2O1. The summed E-state index contributed by atoms with van der Waals surface area (Å²) in [5.41, 5.74) is 1.66. The van der Waals surface area contributed by atoms with Crippen LogP contribution in [-0.4, -0.2) is 52.7 Å². The summed E-state index contributed by atoms with van der Waals surface area (Å²) in [5, 5.41) is 15.4. The van der Waals surface area contributed by atoms with E-state index in [-0.39, 0.29) is 18.4 Å². The van der Waals surface area contributed by atoms with Crippen LogP contribution in [0.15, 0.2) is 30.6 Å². The number of H-pyrrole nitrogens is 1. The molecule has 1 aliphatic heterocycles. The molecule has 9 nitrogen and oxygen atoms in total. The highest BCUT2D eigenvalue weighted by Gasteiger charge is 2.29. The van der Waals surface area contributed by atoms with E-state index in [1.807, 2.05) is 18.2 Å². The summed E-state index contributed by atoms with van der Waals surface area (Å²) in [7, 11) is 0. The molecule has 33 heavy (non-hydrogen) atoms. The van der Waals surface area contributed by atoms with Crippen molar-refractivity contribution in [3.05, 3.63) is 30.6 Å². The molecule has 1 atom stereocenters. The Morgan fingerprint density at radius 3 is 2.85 bits per heavy atom. The molecule has 4 rings (SSSR count). The topological polar surface area (TPSA) is 120 Å². The second-order valence-electron chi connectivity index (χ2n) is 8.95. The second kappa shape index (κ2) is 11.1. The minimum Gasteiger partial charge on any atom is -0.486 e. The zero-order valence-electron chi connectivity index (χ0n) is 18.9. The highest BCUT2D eigenvalue weighted by molar-refractivity contribution is 5.91. The van der Waals surface area contributed by atoms with Gasteiger partial charge >= 0.3 is 5.97 Å². The van der Waals surface area contributed by atoms with E-state index in [0.717, 1.165) is 17.9 Å². The molecular weight excluding hydrogens is 422 g/mol. The monoisotopic (exact) mass is 455 g/mol. The van der Waals surface area contributed by atoms with Gasteiger partial charge in [0.05, 0.1) is 18.7 Å². The average Bonchev–Trinajstić information content (AvgIpc) is 3.31. The maximum Gasteiger partial charge on any atom is 0.307 e. The van der Waals surface area contributed by atoms with Crippen LogP contribution in [-0.2, 0) is 9.59 Å². The Hall–Kier alpha value is -3.23. The largest absolute Gasteiger partial charge is 0.486 e. The Labute approximate surface area is 193 Å². The maximum absolute atomic E-state index is 12.4. The average molecular weight is 456 g/mol. The summed E-state index contributed by atoms with van der Waals surface area (Å²) in [6.45, 7) is 2.09. The molecular formula is C24H33N5O4. The Kier molecular flexibility index (Phi) is 7.70. The number of carbonyl (C=O) groups is 2. The number of carbonyl (C=O) groups excluding carboxylic acids is 1. The summed E-state index contributed by atoms with van der Waals surface area (Å²) in [6.07, 6.45) is 10.3. The number of fused-ring (bicyclic) bond motifs is 1. The number of amides is 1. The van der Waals surface area contributed by atoms with Crippen LogP contribution in [0.4, 0.5) is 17.3 Å². The number of ether oxygens (including phenoxy) is 1. The molecule has 2 heterocycles. The van der Waals surface area contributed by atoms with Gasteiger partial charge in [-0.25, -0.2) is 4.98 Å². The fraction of sp³-hybridized carbons (Fsp3) is 0.542. The van der Waals surface area contributed by atoms with Crippen LogP contribution >= 0.6 is 0 Å². The number of nitrogens with zero attached hydrogens (tertiary/aromatic N) is 2. The molecule has 1 unspecified atom stereocenters. The molecule has 1 aromatic carbocycles. The molecule has 1 saturated carbocycles. The molecule has 2 aromatic rings. The standard InChI is InChI=1S/C24H33N5O4/c30-22(7-4-10-25-24-26-11-12-27-24)28-18-8-9-21-20(13-18)29(15-17-5-2-1-3-6-17)16-19(33-21)14-23(31)32/h8-9,11-13,17,19H,1-7,10,14-16H2,(H,28,30)(H,31,32)(H2,25,26,27). The molecule has 2 aliphatic rings. The van der Waals surface area contributed by atoms with Crippen molar-refractivity contribution in [3.63, 3.8) is 0 Å². The Bertz CT molecular complexity index is 927. The van der Waals surface area contributed by atoms with Gasteiger partial charge in [0.25, 0.3) is 0 Å². The summed E-state index contributed by atoms with van der Waals surface area (Å²) < 4.78 is 5.98. The van der Waals surface area contributed by atoms with E-state index < -0.39 is 5.97 Å². The van der Waals surface area contributed by atoms with Crippen LogP contribution in [0.25, 0.3) is 0 Å². The van der Waals surface area contributed by atoms with Crippen LogP contribution < -0.4 is 20.3 Å². The Balaban J connectivity index is 1.37. The zero-order chi connectivity index (χ0) is 23.0. The van der Waals surface area contributed by atoms with Gasteiger partial charge in [0.2, 0.25) is 5.91 Å². The number of benzene rings is 1. The molecule has 1 aliphatic carbocycles. The quantitative estimate of drug-likeness (QED) is 0.402. The van der Waals surface area contributed by atoms with Gasteiger partial charge in [0, 0.05) is 37.6 Å². The molecule has 1 aromatic heterocycles. The number of carboxylic acids is 1. The smallest absolute Gasteiger partial charge is 0.307 e. The normalized spacial score (nSPS) is 18.3. The third-order valence-corrected chi connectivity index (χ3v) is 6.28. The molecule has 0 radical (unpaired) electrons. The first-order valence-electron chi connectivity index (χ1n) is 11.9. The van der Waals surface area contributed by atoms with Crippen molar-refractivity contribution in [2.75, 3.05) is 35.2 Å². The van der Waals surface area contributed by atoms with E-state index in [1.54, 1.807) is 12.4 Å². The predicted molar refractivity (Wildman–Crippen MR) is 127 cm³/mol. The fourth-order valence-corrected chi connectivity index (χ4v) is 4.70. The fourth-order valence-electron chi connectivity index (χ4n) is 4.70. The number of hydrogen-bond acceptors (Lipinski definition) is 6. The van der Waals surface area contributed by atoms with Crippen LogP contribution in [0, 0.1) is 5.92 Å². The van der Waals surface area contributed by atoms with Gasteiger partial charge in [0.15, 0.2) is 5.95 Å². The number of carboxylic acid groups (broad SMARTS) is 1. The number of hydrogen-bond donors (Lipinski definition) is 4. The molecule has 4 N–H and O–H groups in total. The Morgan fingerprint density at radius 2 is 2.09 bits per heavy atom. The molecule has 0 bridgehead atoms. The van der Waals surface area contributed by atoms with Crippen LogP contribution in [0.3, 0.4) is 0 Å².